The number of hydrogen-bond acceptors (Lipinski definition) is 5. The fraction of sp³-hybridized carbons (Fsp3) is 0.286. The highest BCUT2D eigenvalue weighted by atomic mass is 35.5. The Kier molecular flexibility index (Phi) is 6.79. The van der Waals surface area contributed by atoms with E-state index in [1.54, 1.807) is 38.5 Å². The summed E-state index contributed by atoms with van der Waals surface area (Å²) in [4.78, 5) is 14.6. The van der Waals surface area contributed by atoms with E-state index in [1.807, 2.05) is 18.2 Å². The van der Waals surface area contributed by atoms with Crippen LogP contribution in [0.2, 0.25) is 5.02 Å². The molecule has 0 unspecified atom stereocenters. The third kappa shape index (κ3) is 4.97. The van der Waals surface area contributed by atoms with Gasteiger partial charge in [-0.05, 0) is 42.0 Å². The standard InChI is InChI=1S/C21H23ClN2O4/c1-26-19-7-3-15(13-20(19)27-2)4-8-21(25)23-17-14-16(22)5-6-18(17)24-9-11-28-12-10-24/h3-8,13-14H,9-12H2,1-2H3,(H,23,25)/b8-4+. The summed E-state index contributed by atoms with van der Waals surface area (Å²) in [6.45, 7) is 2.86. The van der Waals surface area contributed by atoms with Crippen LogP contribution in [0.4, 0.5) is 11.4 Å². The fourth-order valence-corrected chi connectivity index (χ4v) is 3.16. The van der Waals surface area contributed by atoms with Crippen molar-refractivity contribution in [1.29, 1.82) is 0 Å². The number of benzene rings is 2. The van der Waals surface area contributed by atoms with E-state index in [9.17, 15) is 4.79 Å². The van der Waals surface area contributed by atoms with Crippen molar-refractivity contribution in [3.8, 4) is 11.5 Å². The molecule has 0 aromatic heterocycles. The smallest absolute Gasteiger partial charge is 0.248 e. The van der Waals surface area contributed by atoms with Crippen LogP contribution in [0.25, 0.3) is 6.08 Å². The van der Waals surface area contributed by atoms with Gasteiger partial charge in [0.15, 0.2) is 11.5 Å². The molecule has 1 aliphatic rings. The Balaban J connectivity index is 1.74. The predicted octanol–water partition coefficient (Wildman–Crippen LogP) is 3.85. The Hall–Kier alpha value is -2.70. The average Bonchev–Trinajstić information content (AvgIpc) is 2.72. The number of amides is 1. The number of morpholine rings is 1. The monoisotopic (exact) mass is 402 g/mol. The number of rotatable bonds is 6. The molecule has 0 aliphatic carbocycles. The largest absolute Gasteiger partial charge is 0.493 e. The van der Waals surface area contributed by atoms with Crippen LogP contribution in [0.3, 0.4) is 0 Å². The molecule has 3 rings (SSSR count). The van der Waals surface area contributed by atoms with Gasteiger partial charge in [0, 0.05) is 24.2 Å². The minimum atomic E-state index is -0.244. The molecule has 2 aromatic rings. The highest BCUT2D eigenvalue weighted by Crippen LogP contribution is 2.30. The first-order valence-electron chi connectivity index (χ1n) is 8.94. The van der Waals surface area contributed by atoms with Crippen molar-refractivity contribution in [2.75, 3.05) is 50.7 Å². The van der Waals surface area contributed by atoms with Crippen LogP contribution in [-0.2, 0) is 9.53 Å². The molecule has 148 valence electrons. The van der Waals surface area contributed by atoms with Crippen molar-refractivity contribution < 1.29 is 19.0 Å². The van der Waals surface area contributed by atoms with Gasteiger partial charge in [0.05, 0.1) is 38.8 Å². The molecule has 2 aromatic carbocycles. The minimum absolute atomic E-state index is 0.244. The van der Waals surface area contributed by atoms with Gasteiger partial charge in [-0.15, -0.1) is 0 Å². The van der Waals surface area contributed by atoms with Gasteiger partial charge in [0.25, 0.3) is 0 Å². The van der Waals surface area contributed by atoms with Crippen LogP contribution in [0.5, 0.6) is 11.5 Å². The number of carbonyl (C=O) groups is 1. The van der Waals surface area contributed by atoms with Gasteiger partial charge >= 0.3 is 0 Å². The summed E-state index contributed by atoms with van der Waals surface area (Å²) in [6, 6.07) is 11.0. The van der Waals surface area contributed by atoms with Crippen LogP contribution >= 0.6 is 11.6 Å². The van der Waals surface area contributed by atoms with Crippen molar-refractivity contribution in [1.82, 2.24) is 0 Å². The van der Waals surface area contributed by atoms with Gasteiger partial charge in [0.2, 0.25) is 5.91 Å². The second-order valence-corrected chi connectivity index (χ2v) is 6.63. The quantitative estimate of drug-likeness (QED) is 0.744. The lowest BCUT2D eigenvalue weighted by molar-refractivity contribution is -0.111. The van der Waals surface area contributed by atoms with Crippen molar-refractivity contribution >= 4 is 35.0 Å². The van der Waals surface area contributed by atoms with Gasteiger partial charge in [-0.1, -0.05) is 17.7 Å². The van der Waals surface area contributed by atoms with Crippen molar-refractivity contribution in [2.45, 2.75) is 0 Å². The third-order valence-electron chi connectivity index (χ3n) is 4.40. The molecule has 0 radical (unpaired) electrons. The summed E-state index contributed by atoms with van der Waals surface area (Å²) in [5, 5.41) is 3.49. The maximum absolute atomic E-state index is 12.5. The van der Waals surface area contributed by atoms with Gasteiger partial charge in [-0.25, -0.2) is 0 Å². The maximum atomic E-state index is 12.5. The molecule has 28 heavy (non-hydrogen) atoms. The van der Waals surface area contributed by atoms with Crippen LogP contribution in [0.15, 0.2) is 42.5 Å². The summed E-state index contributed by atoms with van der Waals surface area (Å²) in [6.07, 6.45) is 3.20. The van der Waals surface area contributed by atoms with Crippen molar-refractivity contribution in [3.63, 3.8) is 0 Å². The van der Waals surface area contributed by atoms with Crippen LogP contribution in [0.1, 0.15) is 5.56 Å². The van der Waals surface area contributed by atoms with Gasteiger partial charge in [-0.2, -0.15) is 0 Å². The number of hydrogen-bond donors (Lipinski definition) is 1. The molecule has 7 heteroatoms. The molecule has 0 saturated carbocycles. The Bertz CT molecular complexity index is 863. The summed E-state index contributed by atoms with van der Waals surface area (Å²) >= 11 is 6.14. The number of anilines is 2. The SMILES string of the molecule is COc1ccc(/C=C/C(=O)Nc2cc(Cl)ccc2N2CCOCC2)cc1OC. The Morgan fingerprint density at radius 1 is 1.11 bits per heavy atom. The number of halogens is 1. The zero-order valence-corrected chi connectivity index (χ0v) is 16.7. The van der Waals surface area contributed by atoms with Crippen molar-refractivity contribution in [3.05, 3.63) is 53.1 Å². The second-order valence-electron chi connectivity index (χ2n) is 6.20. The molecule has 1 aliphatic heterocycles. The number of ether oxygens (including phenoxy) is 3. The number of carbonyl (C=O) groups excluding carboxylic acids is 1. The van der Waals surface area contributed by atoms with E-state index in [-0.39, 0.29) is 5.91 Å². The zero-order chi connectivity index (χ0) is 19.9. The Labute approximate surface area is 169 Å². The van der Waals surface area contributed by atoms with E-state index >= 15 is 0 Å². The number of methoxy groups -OCH3 is 2. The van der Waals surface area contributed by atoms with Crippen LogP contribution in [0, 0.1) is 0 Å². The fourth-order valence-electron chi connectivity index (χ4n) is 2.99. The van der Waals surface area contributed by atoms with E-state index < -0.39 is 0 Å². The molecule has 6 nitrogen and oxygen atoms in total. The van der Waals surface area contributed by atoms with E-state index in [2.05, 4.69) is 10.2 Å². The normalized spacial score (nSPS) is 14.2. The molecule has 1 fully saturated rings. The molecule has 0 atom stereocenters. The lowest BCUT2D eigenvalue weighted by atomic mass is 10.2. The second kappa shape index (κ2) is 9.48. The van der Waals surface area contributed by atoms with Gasteiger partial charge in [0.1, 0.15) is 0 Å². The zero-order valence-electron chi connectivity index (χ0n) is 15.9. The first-order chi connectivity index (χ1) is 13.6. The Morgan fingerprint density at radius 2 is 1.86 bits per heavy atom. The molecule has 1 heterocycles. The molecule has 0 bridgehead atoms. The Morgan fingerprint density at radius 3 is 2.57 bits per heavy atom. The first-order valence-corrected chi connectivity index (χ1v) is 9.32. The van der Waals surface area contributed by atoms with E-state index in [0.29, 0.717) is 35.4 Å². The maximum Gasteiger partial charge on any atom is 0.248 e. The molecular weight excluding hydrogens is 380 g/mol. The molecular formula is C21H23ClN2O4. The highest BCUT2D eigenvalue weighted by Gasteiger charge is 2.16. The highest BCUT2D eigenvalue weighted by molar-refractivity contribution is 6.31. The average molecular weight is 403 g/mol. The topological polar surface area (TPSA) is 60.0 Å². The summed E-state index contributed by atoms with van der Waals surface area (Å²) < 4.78 is 15.9. The minimum Gasteiger partial charge on any atom is -0.493 e. The van der Waals surface area contributed by atoms with Crippen molar-refractivity contribution in [2.24, 2.45) is 0 Å². The lowest BCUT2D eigenvalue weighted by Gasteiger charge is -2.30. The third-order valence-corrected chi connectivity index (χ3v) is 4.64. The van der Waals surface area contributed by atoms with E-state index in [1.165, 1.54) is 6.08 Å². The van der Waals surface area contributed by atoms with Gasteiger partial charge < -0.3 is 24.4 Å². The molecule has 1 N–H and O–H groups in total. The molecule has 1 amide bonds. The first kappa shape index (κ1) is 20.0. The number of nitrogens with one attached hydrogen (secondary N) is 1. The van der Waals surface area contributed by atoms with Gasteiger partial charge in [-0.3, -0.25) is 4.79 Å². The van der Waals surface area contributed by atoms with E-state index in [0.717, 1.165) is 24.3 Å². The molecule has 1 saturated heterocycles. The lowest BCUT2D eigenvalue weighted by Crippen LogP contribution is -2.36. The summed E-state index contributed by atoms with van der Waals surface area (Å²) in [7, 11) is 3.15. The number of nitrogens with zero attached hydrogens (tertiary/aromatic N) is 1. The summed E-state index contributed by atoms with van der Waals surface area (Å²) in [5.41, 5.74) is 2.43. The summed E-state index contributed by atoms with van der Waals surface area (Å²) in [5.74, 6) is 0.999. The molecule has 0 spiro atoms. The van der Waals surface area contributed by atoms with Crippen LogP contribution in [-0.4, -0.2) is 46.4 Å². The van der Waals surface area contributed by atoms with E-state index in [4.69, 9.17) is 25.8 Å². The van der Waals surface area contributed by atoms with Crippen LogP contribution < -0.4 is 19.7 Å². The predicted molar refractivity (Wildman–Crippen MR) is 112 cm³/mol.